The van der Waals surface area contributed by atoms with Crippen molar-refractivity contribution in [3.63, 3.8) is 0 Å². The normalized spacial score (nSPS) is 30.3. The van der Waals surface area contributed by atoms with Crippen LogP contribution in [0.3, 0.4) is 0 Å². The van der Waals surface area contributed by atoms with E-state index < -0.39 is 0 Å². The van der Waals surface area contributed by atoms with E-state index in [4.69, 9.17) is 0 Å². The Kier molecular flexibility index (Phi) is 4.53. The smallest absolute Gasteiger partial charge is 0.270 e. The molecular weight excluding hydrogens is 330 g/mol. The number of amides is 1. The van der Waals surface area contributed by atoms with Crippen LogP contribution in [-0.2, 0) is 4.79 Å². The molecule has 0 spiro atoms. The van der Waals surface area contributed by atoms with Crippen LogP contribution in [0.5, 0.6) is 0 Å². The minimum atomic E-state index is -0.362. The van der Waals surface area contributed by atoms with Crippen LogP contribution in [0.1, 0.15) is 44.6 Å². The first-order valence-corrected chi connectivity index (χ1v) is 9.58. The van der Waals surface area contributed by atoms with Gasteiger partial charge in [-0.15, -0.1) is 0 Å². The van der Waals surface area contributed by atoms with Crippen molar-refractivity contribution in [3.05, 3.63) is 46.0 Å². The molecule has 0 aromatic heterocycles. The summed E-state index contributed by atoms with van der Waals surface area (Å²) < 4.78 is 0. The average molecular weight is 355 g/mol. The molecule has 4 atom stereocenters. The molecule has 26 heavy (non-hydrogen) atoms. The predicted molar refractivity (Wildman–Crippen MR) is 99.6 cm³/mol. The minimum Gasteiger partial charge on any atom is -0.334 e. The second-order valence-electron chi connectivity index (χ2n) is 7.53. The molecule has 4 bridgehead atoms. The number of rotatable bonds is 5. The Morgan fingerprint density at radius 1 is 1.19 bits per heavy atom. The van der Waals surface area contributed by atoms with Crippen molar-refractivity contribution in [2.45, 2.75) is 63.2 Å². The molecule has 4 rings (SSSR count). The molecule has 0 radical (unpaired) electrons. The Morgan fingerprint density at radius 3 is 2.46 bits per heavy atom. The summed E-state index contributed by atoms with van der Waals surface area (Å²) in [7, 11) is 0. The molecule has 1 amide bonds. The number of carbonyl (C=O) groups excluding carboxylic acids is 1. The summed E-state index contributed by atoms with van der Waals surface area (Å²) in [6, 6.07) is 8.39. The molecule has 3 fully saturated rings. The van der Waals surface area contributed by atoms with Gasteiger partial charge in [0.1, 0.15) is 0 Å². The summed E-state index contributed by atoms with van der Waals surface area (Å²) in [5, 5.41) is 10.9. The zero-order chi connectivity index (χ0) is 18.3. The van der Waals surface area contributed by atoms with Gasteiger partial charge < -0.3 is 4.90 Å². The van der Waals surface area contributed by atoms with E-state index in [2.05, 4.69) is 15.9 Å². The first kappa shape index (κ1) is 17.2. The highest BCUT2D eigenvalue weighted by atomic mass is 16.6. The Hall–Kier alpha value is -2.21. The van der Waals surface area contributed by atoms with Crippen LogP contribution in [0, 0.1) is 10.1 Å². The molecular formula is C20H25N3O3. The fraction of sp³-hybridized carbons (Fsp3) is 0.550. The lowest BCUT2D eigenvalue weighted by molar-refractivity contribution is -0.384. The number of nitro groups is 1. The van der Waals surface area contributed by atoms with Gasteiger partial charge in [-0.05, 0) is 31.2 Å². The van der Waals surface area contributed by atoms with Gasteiger partial charge in [-0.1, -0.05) is 31.2 Å². The van der Waals surface area contributed by atoms with E-state index in [1.807, 2.05) is 19.1 Å². The molecule has 3 aliphatic heterocycles. The molecule has 0 N–H and O–H groups in total. The van der Waals surface area contributed by atoms with Crippen molar-refractivity contribution in [1.82, 2.24) is 9.80 Å². The second kappa shape index (κ2) is 6.83. The second-order valence-corrected chi connectivity index (χ2v) is 7.53. The largest absolute Gasteiger partial charge is 0.334 e. The molecule has 3 saturated heterocycles. The third-order valence-electron chi connectivity index (χ3n) is 6.27. The summed E-state index contributed by atoms with van der Waals surface area (Å²) in [4.78, 5) is 27.7. The van der Waals surface area contributed by atoms with Gasteiger partial charge in [-0.2, -0.15) is 0 Å². The fourth-order valence-corrected chi connectivity index (χ4v) is 5.24. The number of nitrogens with zero attached hydrogens (tertiary/aromatic N) is 3. The van der Waals surface area contributed by atoms with Crippen molar-refractivity contribution in [2.75, 3.05) is 6.54 Å². The molecule has 0 aliphatic carbocycles. The Labute approximate surface area is 153 Å². The van der Waals surface area contributed by atoms with Gasteiger partial charge in [-0.25, -0.2) is 0 Å². The predicted octanol–water partition coefficient (Wildman–Crippen LogP) is 3.22. The van der Waals surface area contributed by atoms with Gasteiger partial charge in [0.2, 0.25) is 5.91 Å². The lowest BCUT2D eigenvalue weighted by Gasteiger charge is -2.46. The van der Waals surface area contributed by atoms with Gasteiger partial charge in [0, 0.05) is 49.3 Å². The monoisotopic (exact) mass is 355 g/mol. The number of nitro benzene ring substituents is 1. The van der Waals surface area contributed by atoms with Crippen molar-refractivity contribution in [1.29, 1.82) is 0 Å². The van der Waals surface area contributed by atoms with Crippen LogP contribution in [0.4, 0.5) is 5.69 Å². The van der Waals surface area contributed by atoms with Crippen LogP contribution >= 0.6 is 0 Å². The zero-order valence-electron chi connectivity index (χ0n) is 15.1. The van der Waals surface area contributed by atoms with Crippen LogP contribution in [0.2, 0.25) is 0 Å². The minimum absolute atomic E-state index is 0.122. The number of carbonyl (C=O) groups is 1. The van der Waals surface area contributed by atoms with E-state index in [-0.39, 0.29) is 10.6 Å². The number of non-ortho nitro benzene ring substituents is 1. The maximum absolute atomic E-state index is 12.4. The summed E-state index contributed by atoms with van der Waals surface area (Å²) >= 11 is 0. The SMILES string of the molecule is CCC(=O)N1C2CCC1C1CCC2N1C/C=C/c1cccc([N+](=O)[O-])c1. The maximum atomic E-state index is 12.4. The molecule has 1 aromatic rings. The molecule has 3 heterocycles. The fourth-order valence-electron chi connectivity index (χ4n) is 5.24. The van der Waals surface area contributed by atoms with Gasteiger partial charge in [-0.3, -0.25) is 19.8 Å². The van der Waals surface area contributed by atoms with Crippen LogP contribution in [0.15, 0.2) is 30.3 Å². The Morgan fingerprint density at radius 2 is 1.85 bits per heavy atom. The summed E-state index contributed by atoms with van der Waals surface area (Å²) in [5.41, 5.74) is 0.978. The molecule has 3 aliphatic rings. The molecule has 6 heteroatoms. The number of hydrogen-bond donors (Lipinski definition) is 0. The molecule has 0 saturated carbocycles. The summed E-state index contributed by atoms with van der Waals surface area (Å²) in [5.74, 6) is 0.307. The summed E-state index contributed by atoms with van der Waals surface area (Å²) in [6.07, 6.45) is 9.28. The van der Waals surface area contributed by atoms with Gasteiger partial charge >= 0.3 is 0 Å². The quantitative estimate of drug-likeness (QED) is 0.601. The topological polar surface area (TPSA) is 66.7 Å². The van der Waals surface area contributed by atoms with Crippen LogP contribution in [0.25, 0.3) is 6.08 Å². The number of hydrogen-bond acceptors (Lipinski definition) is 4. The van der Waals surface area contributed by atoms with E-state index in [0.29, 0.717) is 36.5 Å². The number of benzene rings is 1. The Bertz CT molecular complexity index is 728. The lowest BCUT2D eigenvalue weighted by atomic mass is 10.0. The Balaban J connectivity index is 1.47. The van der Waals surface area contributed by atoms with Crippen molar-refractivity contribution >= 4 is 17.7 Å². The van der Waals surface area contributed by atoms with E-state index in [9.17, 15) is 14.9 Å². The third kappa shape index (κ3) is 2.82. The molecule has 1 aromatic carbocycles. The van der Waals surface area contributed by atoms with Gasteiger partial charge in [0.25, 0.3) is 5.69 Å². The van der Waals surface area contributed by atoms with Crippen molar-refractivity contribution in [2.24, 2.45) is 0 Å². The molecule has 4 unspecified atom stereocenters. The summed E-state index contributed by atoms with van der Waals surface area (Å²) in [6.45, 7) is 2.80. The highest BCUT2D eigenvalue weighted by Gasteiger charge is 2.55. The average Bonchev–Trinajstić information content (AvgIpc) is 3.16. The number of piperazine rings is 1. The van der Waals surface area contributed by atoms with Crippen LogP contribution < -0.4 is 0 Å². The number of fused-ring (bicyclic) bond motifs is 6. The standard InChI is InChI=1S/C20H25N3O3/c1-2-20(24)22-18-10-11-19(22)17-9-8-16(18)21(17)12-4-6-14-5-3-7-15(13-14)23(25)26/h3-7,13,16-19H,2,8-12H2,1H3/b6-4+. The first-order chi connectivity index (χ1) is 12.6. The van der Waals surface area contributed by atoms with Gasteiger partial charge in [0.15, 0.2) is 0 Å². The zero-order valence-corrected chi connectivity index (χ0v) is 15.1. The van der Waals surface area contributed by atoms with E-state index in [1.54, 1.807) is 12.1 Å². The van der Waals surface area contributed by atoms with Gasteiger partial charge in [0.05, 0.1) is 4.92 Å². The van der Waals surface area contributed by atoms with E-state index in [1.165, 1.54) is 18.9 Å². The maximum Gasteiger partial charge on any atom is 0.270 e. The van der Waals surface area contributed by atoms with Crippen molar-refractivity contribution < 1.29 is 9.72 Å². The first-order valence-electron chi connectivity index (χ1n) is 9.58. The van der Waals surface area contributed by atoms with Crippen molar-refractivity contribution in [3.8, 4) is 0 Å². The molecule has 138 valence electrons. The third-order valence-corrected chi connectivity index (χ3v) is 6.27. The van der Waals surface area contributed by atoms with E-state index >= 15 is 0 Å². The van der Waals surface area contributed by atoms with E-state index in [0.717, 1.165) is 24.9 Å². The van der Waals surface area contributed by atoms with Crippen LogP contribution in [-0.4, -0.2) is 51.3 Å². The molecule has 6 nitrogen and oxygen atoms in total. The highest BCUT2D eigenvalue weighted by Crippen LogP contribution is 2.45. The lowest BCUT2D eigenvalue weighted by Crippen LogP contribution is -2.61. The highest BCUT2D eigenvalue weighted by molar-refractivity contribution is 5.77.